The molecule has 2 heterocycles. The van der Waals surface area contributed by atoms with Crippen molar-refractivity contribution in [3.05, 3.63) is 10.6 Å². The van der Waals surface area contributed by atoms with Crippen LogP contribution in [-0.4, -0.2) is 35.1 Å². The van der Waals surface area contributed by atoms with Gasteiger partial charge in [-0.1, -0.05) is 0 Å². The maximum absolute atomic E-state index is 5.77. The van der Waals surface area contributed by atoms with Crippen molar-refractivity contribution in [2.24, 2.45) is 0 Å². The standard InChI is InChI=1S/C10H17N3O2S/c1-10(4-3-6-15-10)8-11-12-9(16)13(8)5-7-14-2/h3-7H2,1-2H3,(H,12,16). The number of ether oxygens (including phenoxy) is 2. The van der Waals surface area contributed by atoms with Crippen LogP contribution in [0.25, 0.3) is 0 Å². The van der Waals surface area contributed by atoms with E-state index < -0.39 is 0 Å². The van der Waals surface area contributed by atoms with Crippen molar-refractivity contribution < 1.29 is 9.47 Å². The topological polar surface area (TPSA) is 52.1 Å². The molecule has 1 saturated heterocycles. The molecule has 0 spiro atoms. The zero-order valence-electron chi connectivity index (χ0n) is 9.65. The summed E-state index contributed by atoms with van der Waals surface area (Å²) in [5.41, 5.74) is -0.304. The molecule has 6 heteroatoms. The second kappa shape index (κ2) is 4.65. The first-order valence-electron chi connectivity index (χ1n) is 5.46. The lowest BCUT2D eigenvalue weighted by molar-refractivity contribution is 0.00534. The molecule has 90 valence electrons. The molecular formula is C10H17N3O2S. The van der Waals surface area contributed by atoms with E-state index in [1.807, 2.05) is 4.57 Å². The Morgan fingerprint density at radius 1 is 1.69 bits per heavy atom. The van der Waals surface area contributed by atoms with Crippen molar-refractivity contribution in [1.82, 2.24) is 14.8 Å². The van der Waals surface area contributed by atoms with Crippen LogP contribution in [0.5, 0.6) is 0 Å². The van der Waals surface area contributed by atoms with Crippen LogP contribution in [0.15, 0.2) is 0 Å². The smallest absolute Gasteiger partial charge is 0.195 e. The number of H-pyrrole nitrogens is 1. The molecule has 5 nitrogen and oxygen atoms in total. The molecule has 16 heavy (non-hydrogen) atoms. The van der Waals surface area contributed by atoms with Crippen molar-refractivity contribution in [2.45, 2.75) is 31.9 Å². The highest BCUT2D eigenvalue weighted by Crippen LogP contribution is 2.34. The minimum Gasteiger partial charge on any atom is -0.383 e. The van der Waals surface area contributed by atoms with Crippen molar-refractivity contribution in [3.63, 3.8) is 0 Å². The van der Waals surface area contributed by atoms with Crippen LogP contribution in [0.3, 0.4) is 0 Å². The third kappa shape index (κ3) is 2.05. The number of nitrogens with zero attached hydrogens (tertiary/aromatic N) is 2. The van der Waals surface area contributed by atoms with Gasteiger partial charge >= 0.3 is 0 Å². The van der Waals surface area contributed by atoms with Crippen LogP contribution in [0.1, 0.15) is 25.6 Å². The number of aromatic nitrogens is 3. The van der Waals surface area contributed by atoms with Crippen LogP contribution in [0, 0.1) is 4.77 Å². The number of aromatic amines is 1. The van der Waals surface area contributed by atoms with E-state index in [2.05, 4.69) is 17.1 Å². The highest BCUT2D eigenvalue weighted by Gasteiger charge is 2.36. The summed E-state index contributed by atoms with van der Waals surface area (Å²) in [5.74, 6) is 0.882. The quantitative estimate of drug-likeness (QED) is 0.816. The normalized spacial score (nSPS) is 25.1. The third-order valence-corrected chi connectivity index (χ3v) is 3.28. The van der Waals surface area contributed by atoms with E-state index in [0.29, 0.717) is 17.9 Å². The monoisotopic (exact) mass is 243 g/mol. The maximum Gasteiger partial charge on any atom is 0.195 e. The van der Waals surface area contributed by atoms with Crippen molar-refractivity contribution >= 4 is 12.2 Å². The van der Waals surface area contributed by atoms with Crippen LogP contribution in [0.4, 0.5) is 0 Å². The summed E-state index contributed by atoms with van der Waals surface area (Å²) in [6.45, 7) is 4.19. The van der Waals surface area contributed by atoms with E-state index in [4.69, 9.17) is 21.7 Å². The van der Waals surface area contributed by atoms with Gasteiger partial charge in [0.05, 0.1) is 13.2 Å². The molecule has 1 aliphatic heterocycles. The van der Waals surface area contributed by atoms with Crippen molar-refractivity contribution in [1.29, 1.82) is 0 Å². The second-order valence-corrected chi connectivity index (χ2v) is 4.57. The largest absolute Gasteiger partial charge is 0.383 e. The summed E-state index contributed by atoms with van der Waals surface area (Å²) in [6, 6.07) is 0. The summed E-state index contributed by atoms with van der Waals surface area (Å²) >= 11 is 5.21. The zero-order valence-corrected chi connectivity index (χ0v) is 10.5. The number of rotatable bonds is 4. The molecule has 1 atom stereocenters. The van der Waals surface area contributed by atoms with Gasteiger partial charge in [-0.3, -0.25) is 9.67 Å². The van der Waals surface area contributed by atoms with Gasteiger partial charge in [-0.05, 0) is 32.0 Å². The number of methoxy groups -OCH3 is 1. The number of hydrogen-bond donors (Lipinski definition) is 1. The number of nitrogens with one attached hydrogen (secondary N) is 1. The Balaban J connectivity index is 2.29. The SMILES string of the molecule is COCCn1c(C2(C)CCCO2)n[nH]c1=S. The van der Waals surface area contributed by atoms with Gasteiger partial charge in [-0.2, -0.15) is 5.10 Å². The molecule has 0 bridgehead atoms. The molecule has 0 aromatic carbocycles. The van der Waals surface area contributed by atoms with E-state index in [1.54, 1.807) is 7.11 Å². The summed E-state index contributed by atoms with van der Waals surface area (Å²) in [4.78, 5) is 0. The summed E-state index contributed by atoms with van der Waals surface area (Å²) in [7, 11) is 1.68. The predicted molar refractivity (Wildman–Crippen MR) is 61.8 cm³/mol. The molecule has 1 unspecified atom stereocenters. The molecule has 0 radical (unpaired) electrons. The summed E-state index contributed by atoms with van der Waals surface area (Å²) < 4.78 is 13.4. The zero-order chi connectivity index (χ0) is 11.6. The van der Waals surface area contributed by atoms with Gasteiger partial charge in [-0.25, -0.2) is 0 Å². The van der Waals surface area contributed by atoms with Gasteiger partial charge in [0.15, 0.2) is 10.6 Å². The Hall–Kier alpha value is -0.720. The lowest BCUT2D eigenvalue weighted by Crippen LogP contribution is -2.26. The number of hydrogen-bond acceptors (Lipinski definition) is 4. The Labute approximate surface area is 99.8 Å². The van der Waals surface area contributed by atoms with Crippen LogP contribution >= 0.6 is 12.2 Å². The summed E-state index contributed by atoms with van der Waals surface area (Å²) in [6.07, 6.45) is 2.06. The predicted octanol–water partition coefficient (Wildman–Crippen LogP) is 1.61. The Bertz CT molecular complexity index is 406. The van der Waals surface area contributed by atoms with Gasteiger partial charge in [0.25, 0.3) is 0 Å². The minimum atomic E-state index is -0.304. The molecular weight excluding hydrogens is 226 g/mol. The van der Waals surface area contributed by atoms with E-state index in [-0.39, 0.29) is 5.60 Å². The molecule has 2 rings (SSSR count). The molecule has 0 aliphatic carbocycles. The molecule has 1 fully saturated rings. The molecule has 0 saturated carbocycles. The van der Waals surface area contributed by atoms with E-state index >= 15 is 0 Å². The fourth-order valence-corrected chi connectivity index (χ4v) is 2.29. The fraction of sp³-hybridized carbons (Fsp3) is 0.800. The Morgan fingerprint density at radius 2 is 2.50 bits per heavy atom. The molecule has 1 aliphatic rings. The van der Waals surface area contributed by atoms with Crippen LogP contribution < -0.4 is 0 Å². The fourth-order valence-electron chi connectivity index (χ4n) is 2.07. The first-order chi connectivity index (χ1) is 7.67. The lowest BCUT2D eigenvalue weighted by atomic mass is 10.0. The molecule has 0 amide bonds. The van der Waals surface area contributed by atoms with Crippen LogP contribution in [-0.2, 0) is 21.6 Å². The first-order valence-corrected chi connectivity index (χ1v) is 5.87. The molecule has 1 aromatic rings. The van der Waals surface area contributed by atoms with Gasteiger partial charge in [0.1, 0.15) is 5.60 Å². The third-order valence-electron chi connectivity index (χ3n) is 2.97. The van der Waals surface area contributed by atoms with Gasteiger partial charge in [-0.15, -0.1) is 0 Å². The van der Waals surface area contributed by atoms with Gasteiger partial charge in [0.2, 0.25) is 0 Å². The van der Waals surface area contributed by atoms with Gasteiger partial charge in [0, 0.05) is 13.7 Å². The van der Waals surface area contributed by atoms with E-state index in [1.165, 1.54) is 0 Å². The second-order valence-electron chi connectivity index (χ2n) is 4.18. The van der Waals surface area contributed by atoms with E-state index in [0.717, 1.165) is 25.3 Å². The lowest BCUT2D eigenvalue weighted by Gasteiger charge is -2.22. The van der Waals surface area contributed by atoms with Crippen molar-refractivity contribution in [3.8, 4) is 0 Å². The first kappa shape index (κ1) is 11.8. The maximum atomic E-state index is 5.77. The van der Waals surface area contributed by atoms with E-state index in [9.17, 15) is 0 Å². The van der Waals surface area contributed by atoms with Crippen molar-refractivity contribution in [2.75, 3.05) is 20.3 Å². The highest BCUT2D eigenvalue weighted by molar-refractivity contribution is 7.71. The molecule has 1 N–H and O–H groups in total. The Morgan fingerprint density at radius 3 is 3.12 bits per heavy atom. The average Bonchev–Trinajstić information content (AvgIpc) is 2.84. The van der Waals surface area contributed by atoms with Gasteiger partial charge < -0.3 is 9.47 Å². The minimum absolute atomic E-state index is 0.304. The Kier molecular flexibility index (Phi) is 3.41. The summed E-state index contributed by atoms with van der Waals surface area (Å²) in [5, 5.41) is 7.12. The molecule has 1 aromatic heterocycles. The highest BCUT2D eigenvalue weighted by atomic mass is 32.1. The average molecular weight is 243 g/mol. The van der Waals surface area contributed by atoms with Crippen LogP contribution in [0.2, 0.25) is 0 Å².